The number of benzene rings is 1. The van der Waals surface area contributed by atoms with Crippen molar-refractivity contribution in [3.05, 3.63) is 35.4 Å². The van der Waals surface area contributed by atoms with E-state index in [4.69, 9.17) is 5.11 Å². The van der Waals surface area contributed by atoms with Crippen molar-refractivity contribution in [2.75, 3.05) is 0 Å². The third-order valence-corrected chi connectivity index (χ3v) is 4.33. The fourth-order valence-corrected chi connectivity index (χ4v) is 2.95. The van der Waals surface area contributed by atoms with Gasteiger partial charge in [0.15, 0.2) is 5.60 Å². The molecule has 0 heterocycles. The van der Waals surface area contributed by atoms with Crippen molar-refractivity contribution in [3.63, 3.8) is 0 Å². The van der Waals surface area contributed by atoms with Crippen molar-refractivity contribution in [2.45, 2.75) is 57.0 Å². The normalized spacial score (nSPS) is 19.9. The van der Waals surface area contributed by atoms with Crippen LogP contribution in [-0.4, -0.2) is 16.2 Å². The maximum absolute atomic E-state index is 11.2. The van der Waals surface area contributed by atoms with Gasteiger partial charge < -0.3 is 10.2 Å². The summed E-state index contributed by atoms with van der Waals surface area (Å²) < 4.78 is 0. The molecule has 1 aliphatic rings. The molecule has 0 bridgehead atoms. The molecule has 0 unspecified atom stereocenters. The van der Waals surface area contributed by atoms with Gasteiger partial charge in [0, 0.05) is 0 Å². The van der Waals surface area contributed by atoms with Crippen molar-refractivity contribution in [1.29, 1.82) is 0 Å². The first-order chi connectivity index (χ1) is 9.08. The van der Waals surface area contributed by atoms with Crippen LogP contribution in [0.2, 0.25) is 0 Å². The topological polar surface area (TPSA) is 57.5 Å². The van der Waals surface area contributed by atoms with Crippen molar-refractivity contribution < 1.29 is 15.0 Å². The van der Waals surface area contributed by atoms with Gasteiger partial charge in [0.2, 0.25) is 0 Å². The van der Waals surface area contributed by atoms with Gasteiger partial charge >= 0.3 is 5.97 Å². The molecule has 2 N–H and O–H groups in total. The lowest BCUT2D eigenvalue weighted by Gasteiger charge is -2.25. The first-order valence-electron chi connectivity index (χ1n) is 7.14. The van der Waals surface area contributed by atoms with Crippen LogP contribution in [0.15, 0.2) is 24.3 Å². The van der Waals surface area contributed by atoms with Gasteiger partial charge in [-0.2, -0.15) is 0 Å². The molecule has 0 saturated heterocycles. The predicted molar refractivity (Wildman–Crippen MR) is 74.1 cm³/mol. The molecule has 1 saturated carbocycles. The predicted octanol–water partition coefficient (Wildman–Crippen LogP) is 3.42. The Morgan fingerprint density at radius 2 is 1.79 bits per heavy atom. The van der Waals surface area contributed by atoms with Crippen LogP contribution >= 0.6 is 0 Å². The molecule has 1 aromatic carbocycles. The van der Waals surface area contributed by atoms with Crippen molar-refractivity contribution in [3.8, 4) is 0 Å². The quantitative estimate of drug-likeness (QED) is 0.874. The first-order valence-corrected chi connectivity index (χ1v) is 7.14. The SMILES string of the molecule is CC[C@@](O)(C(=O)O)c1ccc(C2CCCCC2)cc1. The van der Waals surface area contributed by atoms with Crippen LogP contribution in [0.25, 0.3) is 0 Å². The maximum Gasteiger partial charge on any atom is 0.340 e. The van der Waals surface area contributed by atoms with E-state index in [0.717, 1.165) is 0 Å². The van der Waals surface area contributed by atoms with Gasteiger partial charge in [-0.1, -0.05) is 50.5 Å². The van der Waals surface area contributed by atoms with Gasteiger partial charge in [-0.25, -0.2) is 4.79 Å². The Kier molecular flexibility index (Phi) is 4.25. The molecular formula is C16H22O3. The summed E-state index contributed by atoms with van der Waals surface area (Å²) in [6.07, 6.45) is 6.49. The second-order valence-corrected chi connectivity index (χ2v) is 5.48. The van der Waals surface area contributed by atoms with E-state index in [1.807, 2.05) is 12.1 Å². The number of aliphatic hydroxyl groups is 1. The van der Waals surface area contributed by atoms with Crippen molar-refractivity contribution in [1.82, 2.24) is 0 Å². The largest absolute Gasteiger partial charge is 0.479 e. The van der Waals surface area contributed by atoms with Gasteiger partial charge in [0.25, 0.3) is 0 Å². The third kappa shape index (κ3) is 2.81. The van der Waals surface area contributed by atoms with Crippen LogP contribution in [0, 0.1) is 0 Å². The Hall–Kier alpha value is -1.35. The molecule has 1 atom stereocenters. The van der Waals surface area contributed by atoms with E-state index in [9.17, 15) is 9.90 Å². The molecule has 1 aliphatic carbocycles. The Morgan fingerprint density at radius 3 is 2.26 bits per heavy atom. The molecule has 19 heavy (non-hydrogen) atoms. The van der Waals surface area contributed by atoms with Gasteiger partial charge in [0.05, 0.1) is 0 Å². The van der Waals surface area contributed by atoms with Crippen LogP contribution in [0.1, 0.15) is 62.5 Å². The lowest BCUT2D eigenvalue weighted by molar-refractivity contribution is -0.160. The Bertz CT molecular complexity index is 432. The van der Waals surface area contributed by atoms with Crippen molar-refractivity contribution >= 4 is 5.97 Å². The highest BCUT2D eigenvalue weighted by Crippen LogP contribution is 2.34. The van der Waals surface area contributed by atoms with E-state index in [-0.39, 0.29) is 6.42 Å². The van der Waals surface area contributed by atoms with Crippen molar-refractivity contribution in [2.24, 2.45) is 0 Å². The van der Waals surface area contributed by atoms with E-state index in [1.54, 1.807) is 19.1 Å². The van der Waals surface area contributed by atoms with Crippen LogP contribution in [-0.2, 0) is 10.4 Å². The van der Waals surface area contributed by atoms with Gasteiger partial charge in [-0.3, -0.25) is 0 Å². The molecule has 2 rings (SSSR count). The molecule has 0 radical (unpaired) electrons. The minimum atomic E-state index is -1.76. The van der Waals surface area contributed by atoms with E-state index in [1.165, 1.54) is 37.7 Å². The average Bonchev–Trinajstić information content (AvgIpc) is 2.47. The van der Waals surface area contributed by atoms with E-state index < -0.39 is 11.6 Å². The molecule has 0 spiro atoms. The number of hydrogen-bond acceptors (Lipinski definition) is 2. The highest BCUT2D eigenvalue weighted by molar-refractivity contribution is 5.79. The Morgan fingerprint density at radius 1 is 1.21 bits per heavy atom. The first kappa shape index (κ1) is 14.1. The summed E-state index contributed by atoms with van der Waals surface area (Å²) in [4.78, 5) is 11.2. The number of hydrogen-bond donors (Lipinski definition) is 2. The second kappa shape index (κ2) is 5.74. The number of carboxylic acid groups (broad SMARTS) is 1. The van der Waals surface area contributed by atoms with Crippen LogP contribution in [0.5, 0.6) is 0 Å². The Balaban J connectivity index is 2.20. The maximum atomic E-state index is 11.2. The summed E-state index contributed by atoms with van der Waals surface area (Å²) in [6.45, 7) is 1.68. The zero-order valence-corrected chi connectivity index (χ0v) is 11.4. The number of aliphatic carboxylic acids is 1. The molecule has 0 aromatic heterocycles. The summed E-state index contributed by atoms with van der Waals surface area (Å²) in [5, 5.41) is 19.3. The van der Waals surface area contributed by atoms with E-state index in [2.05, 4.69) is 0 Å². The van der Waals surface area contributed by atoms with Crippen LogP contribution in [0.3, 0.4) is 0 Å². The number of carboxylic acids is 1. The van der Waals surface area contributed by atoms with Crippen LogP contribution in [0.4, 0.5) is 0 Å². The lowest BCUT2D eigenvalue weighted by Crippen LogP contribution is -2.34. The summed E-state index contributed by atoms with van der Waals surface area (Å²) in [7, 11) is 0. The summed E-state index contributed by atoms with van der Waals surface area (Å²) in [5.74, 6) is -0.581. The molecule has 3 heteroatoms. The summed E-state index contributed by atoms with van der Waals surface area (Å²) in [6, 6.07) is 7.49. The summed E-state index contributed by atoms with van der Waals surface area (Å²) >= 11 is 0. The average molecular weight is 262 g/mol. The van der Waals surface area contributed by atoms with Gasteiger partial charge in [-0.15, -0.1) is 0 Å². The fourth-order valence-electron chi connectivity index (χ4n) is 2.95. The van der Waals surface area contributed by atoms with Gasteiger partial charge in [-0.05, 0) is 36.3 Å². The third-order valence-electron chi connectivity index (χ3n) is 4.33. The molecule has 3 nitrogen and oxygen atoms in total. The minimum absolute atomic E-state index is 0.172. The number of rotatable bonds is 4. The zero-order valence-electron chi connectivity index (χ0n) is 11.4. The van der Waals surface area contributed by atoms with E-state index >= 15 is 0 Å². The fraction of sp³-hybridized carbons (Fsp3) is 0.562. The minimum Gasteiger partial charge on any atom is -0.479 e. The van der Waals surface area contributed by atoms with Gasteiger partial charge in [0.1, 0.15) is 0 Å². The van der Waals surface area contributed by atoms with Crippen LogP contribution < -0.4 is 0 Å². The highest BCUT2D eigenvalue weighted by atomic mass is 16.4. The standard InChI is InChI=1S/C16H22O3/c1-2-16(19,15(17)18)14-10-8-13(9-11-14)12-6-4-3-5-7-12/h8-12,19H,2-7H2,1H3,(H,17,18)/t16-/m0/s1. The molecular weight excluding hydrogens is 240 g/mol. The lowest BCUT2D eigenvalue weighted by atomic mass is 9.82. The Labute approximate surface area is 114 Å². The number of carbonyl (C=O) groups is 1. The van der Waals surface area contributed by atoms with E-state index in [0.29, 0.717) is 11.5 Å². The molecule has 0 aliphatic heterocycles. The highest BCUT2D eigenvalue weighted by Gasteiger charge is 2.35. The molecule has 0 amide bonds. The molecule has 104 valence electrons. The molecule has 1 aromatic rings. The second-order valence-electron chi connectivity index (χ2n) is 5.48. The monoisotopic (exact) mass is 262 g/mol. The molecule has 1 fully saturated rings. The summed E-state index contributed by atoms with van der Waals surface area (Å²) in [5.41, 5.74) is -0.0141. The zero-order chi connectivity index (χ0) is 13.9. The smallest absolute Gasteiger partial charge is 0.340 e.